The van der Waals surface area contributed by atoms with Gasteiger partial charge in [0.1, 0.15) is 6.61 Å². The first kappa shape index (κ1) is 10.1. The number of rotatable bonds is 1. The summed E-state index contributed by atoms with van der Waals surface area (Å²) >= 11 is 7.79. The van der Waals surface area contributed by atoms with Crippen molar-refractivity contribution in [2.75, 3.05) is 13.2 Å². The molecule has 3 rings (SSSR count). The highest BCUT2D eigenvalue weighted by Gasteiger charge is 2.18. The first-order chi connectivity index (χ1) is 7.75. The average Bonchev–Trinajstić information content (AvgIpc) is 2.83. The summed E-state index contributed by atoms with van der Waals surface area (Å²) in [6, 6.07) is 5.95. The Labute approximate surface area is 103 Å². The zero-order chi connectivity index (χ0) is 11.1. The van der Waals surface area contributed by atoms with Crippen molar-refractivity contribution in [1.29, 1.82) is 0 Å². The van der Waals surface area contributed by atoms with E-state index in [1.54, 1.807) is 11.3 Å². The molecule has 1 aliphatic rings. The Bertz CT molecular complexity index is 588. The van der Waals surface area contributed by atoms with E-state index in [2.05, 4.69) is 11.9 Å². The van der Waals surface area contributed by atoms with E-state index in [1.807, 2.05) is 18.2 Å². The fraction of sp³-hybridized carbons (Fsp3) is 0.250. The minimum absolute atomic E-state index is 0.687. The fourth-order valence-electron chi connectivity index (χ4n) is 1.94. The Morgan fingerprint density at radius 3 is 3.06 bits per heavy atom. The first-order valence-corrected chi connectivity index (χ1v) is 6.31. The zero-order valence-corrected chi connectivity index (χ0v) is 10.4. The summed E-state index contributed by atoms with van der Waals surface area (Å²) in [6.45, 7) is 3.54. The molecule has 0 bridgehead atoms. The van der Waals surface area contributed by atoms with Crippen LogP contribution in [0, 0.1) is 6.92 Å². The van der Waals surface area contributed by atoms with Crippen molar-refractivity contribution in [1.82, 2.24) is 0 Å². The highest BCUT2D eigenvalue weighted by molar-refractivity contribution is 7.19. The minimum Gasteiger partial charge on any atom is -0.475 e. The molecule has 1 aliphatic heterocycles. The van der Waals surface area contributed by atoms with Crippen molar-refractivity contribution in [2.45, 2.75) is 6.92 Å². The van der Waals surface area contributed by atoms with E-state index >= 15 is 0 Å². The maximum Gasteiger partial charge on any atom is 0.218 e. The molecule has 82 valence electrons. The van der Waals surface area contributed by atoms with Crippen LogP contribution in [0.15, 0.2) is 23.2 Å². The lowest BCUT2D eigenvalue weighted by Crippen LogP contribution is -2.01. The second-order valence-electron chi connectivity index (χ2n) is 3.71. The standard InChI is InChI=1S/C12H10ClNOS/c1-7-11(12-14-4-5-15-12)9-6-8(13)2-3-10(9)16-7/h2-3,6H,4-5H2,1H3. The van der Waals surface area contributed by atoms with Gasteiger partial charge in [0.05, 0.1) is 12.1 Å². The van der Waals surface area contributed by atoms with Crippen molar-refractivity contribution >= 4 is 38.9 Å². The molecule has 0 fully saturated rings. The number of thiophene rings is 1. The number of halogens is 1. The molecule has 4 heteroatoms. The van der Waals surface area contributed by atoms with E-state index in [1.165, 1.54) is 9.58 Å². The Balaban J connectivity index is 2.29. The largest absolute Gasteiger partial charge is 0.475 e. The molecule has 0 N–H and O–H groups in total. The van der Waals surface area contributed by atoms with Crippen LogP contribution in [-0.2, 0) is 4.74 Å². The van der Waals surface area contributed by atoms with Gasteiger partial charge in [0.25, 0.3) is 0 Å². The van der Waals surface area contributed by atoms with E-state index in [9.17, 15) is 0 Å². The van der Waals surface area contributed by atoms with E-state index in [0.29, 0.717) is 6.61 Å². The summed E-state index contributed by atoms with van der Waals surface area (Å²) in [4.78, 5) is 5.61. The van der Waals surface area contributed by atoms with Crippen molar-refractivity contribution in [3.05, 3.63) is 33.7 Å². The Morgan fingerprint density at radius 1 is 1.44 bits per heavy atom. The maximum atomic E-state index is 6.03. The smallest absolute Gasteiger partial charge is 0.218 e. The van der Waals surface area contributed by atoms with Crippen LogP contribution in [0.2, 0.25) is 5.02 Å². The number of ether oxygens (including phenoxy) is 1. The van der Waals surface area contributed by atoms with Crippen LogP contribution in [0.1, 0.15) is 10.4 Å². The lowest BCUT2D eigenvalue weighted by molar-refractivity contribution is 0.348. The third-order valence-electron chi connectivity index (χ3n) is 2.63. The molecular weight excluding hydrogens is 242 g/mol. The molecule has 2 heterocycles. The molecule has 0 amide bonds. The zero-order valence-electron chi connectivity index (χ0n) is 8.79. The number of aliphatic imine (C=N–C) groups is 1. The van der Waals surface area contributed by atoms with E-state index in [-0.39, 0.29) is 0 Å². The lowest BCUT2D eigenvalue weighted by Gasteiger charge is -2.01. The average molecular weight is 252 g/mol. The summed E-state index contributed by atoms with van der Waals surface area (Å²) in [5, 5.41) is 1.90. The van der Waals surface area contributed by atoms with Crippen LogP contribution < -0.4 is 0 Å². The highest BCUT2D eigenvalue weighted by atomic mass is 35.5. The molecule has 0 atom stereocenters. The van der Waals surface area contributed by atoms with Gasteiger partial charge in [-0.2, -0.15) is 0 Å². The summed E-state index contributed by atoms with van der Waals surface area (Å²) in [7, 11) is 0. The second kappa shape index (κ2) is 3.75. The predicted octanol–water partition coefficient (Wildman–Crippen LogP) is 3.64. The van der Waals surface area contributed by atoms with Gasteiger partial charge in [-0.15, -0.1) is 11.3 Å². The summed E-state index contributed by atoms with van der Waals surface area (Å²) in [5.74, 6) is 0.769. The van der Waals surface area contributed by atoms with E-state index in [0.717, 1.165) is 28.4 Å². The predicted molar refractivity (Wildman–Crippen MR) is 68.9 cm³/mol. The van der Waals surface area contributed by atoms with Gasteiger partial charge in [-0.3, -0.25) is 0 Å². The van der Waals surface area contributed by atoms with Crippen LogP contribution in [0.3, 0.4) is 0 Å². The number of fused-ring (bicyclic) bond motifs is 1. The van der Waals surface area contributed by atoms with E-state index < -0.39 is 0 Å². The quantitative estimate of drug-likeness (QED) is 0.758. The third kappa shape index (κ3) is 1.51. The monoisotopic (exact) mass is 251 g/mol. The molecule has 1 aromatic heterocycles. The number of aryl methyl sites for hydroxylation is 1. The minimum atomic E-state index is 0.687. The highest BCUT2D eigenvalue weighted by Crippen LogP contribution is 2.33. The molecule has 2 aromatic rings. The number of benzene rings is 1. The molecule has 0 aliphatic carbocycles. The van der Waals surface area contributed by atoms with Gasteiger partial charge in [0, 0.05) is 20.0 Å². The van der Waals surface area contributed by atoms with E-state index in [4.69, 9.17) is 16.3 Å². The van der Waals surface area contributed by atoms with Crippen molar-refractivity contribution in [3.8, 4) is 0 Å². The molecule has 0 saturated carbocycles. The van der Waals surface area contributed by atoms with Gasteiger partial charge >= 0.3 is 0 Å². The Kier molecular flexibility index (Phi) is 2.37. The normalized spacial score (nSPS) is 15.2. The maximum absolute atomic E-state index is 6.03. The molecule has 2 nitrogen and oxygen atoms in total. The van der Waals surface area contributed by atoms with Gasteiger partial charge in [-0.25, -0.2) is 4.99 Å². The van der Waals surface area contributed by atoms with Crippen LogP contribution in [-0.4, -0.2) is 19.0 Å². The van der Waals surface area contributed by atoms with Crippen molar-refractivity contribution < 1.29 is 4.74 Å². The summed E-state index contributed by atoms with van der Waals surface area (Å²) in [5.41, 5.74) is 1.11. The SMILES string of the molecule is Cc1sc2ccc(Cl)cc2c1C1=NCCO1. The Morgan fingerprint density at radius 2 is 2.31 bits per heavy atom. The van der Waals surface area contributed by atoms with Gasteiger partial charge in [0.2, 0.25) is 5.90 Å². The fourth-order valence-corrected chi connectivity index (χ4v) is 3.15. The van der Waals surface area contributed by atoms with Crippen LogP contribution >= 0.6 is 22.9 Å². The summed E-state index contributed by atoms with van der Waals surface area (Å²) < 4.78 is 6.77. The topological polar surface area (TPSA) is 21.6 Å². The van der Waals surface area contributed by atoms with Crippen molar-refractivity contribution in [3.63, 3.8) is 0 Å². The van der Waals surface area contributed by atoms with Crippen LogP contribution in [0.5, 0.6) is 0 Å². The van der Waals surface area contributed by atoms with Gasteiger partial charge in [0.15, 0.2) is 0 Å². The van der Waals surface area contributed by atoms with Gasteiger partial charge in [-0.1, -0.05) is 11.6 Å². The third-order valence-corrected chi connectivity index (χ3v) is 3.95. The van der Waals surface area contributed by atoms with Crippen LogP contribution in [0.4, 0.5) is 0 Å². The van der Waals surface area contributed by atoms with Gasteiger partial charge < -0.3 is 4.74 Å². The molecule has 0 spiro atoms. The summed E-state index contributed by atoms with van der Waals surface area (Å²) in [6.07, 6.45) is 0. The number of hydrogen-bond donors (Lipinski definition) is 0. The lowest BCUT2D eigenvalue weighted by atomic mass is 10.1. The molecule has 16 heavy (non-hydrogen) atoms. The Hall–Kier alpha value is -1.06. The molecule has 0 radical (unpaired) electrons. The van der Waals surface area contributed by atoms with Crippen molar-refractivity contribution in [2.24, 2.45) is 4.99 Å². The van der Waals surface area contributed by atoms with Crippen LogP contribution in [0.25, 0.3) is 10.1 Å². The molecular formula is C12H10ClNOS. The molecule has 0 saturated heterocycles. The second-order valence-corrected chi connectivity index (χ2v) is 5.40. The molecule has 0 unspecified atom stereocenters. The van der Waals surface area contributed by atoms with Gasteiger partial charge in [-0.05, 0) is 25.1 Å². The molecule has 1 aromatic carbocycles. The number of nitrogens with zero attached hydrogens (tertiary/aromatic N) is 1. The first-order valence-electron chi connectivity index (χ1n) is 5.12. The number of hydrogen-bond acceptors (Lipinski definition) is 3.